The van der Waals surface area contributed by atoms with E-state index in [-0.39, 0.29) is 0 Å². The number of hydrogen-bond acceptors (Lipinski definition) is 4. The zero-order valence-electron chi connectivity index (χ0n) is 5.94. The Balaban J connectivity index is 2.48. The molecule has 0 fully saturated rings. The molecule has 2 rings (SSSR count). The molecule has 2 heterocycles. The molecule has 2 aromatic heterocycles. The van der Waals surface area contributed by atoms with Gasteiger partial charge in [-0.15, -0.1) is 0 Å². The van der Waals surface area contributed by atoms with Crippen LogP contribution in [0.4, 0.5) is 0 Å². The van der Waals surface area contributed by atoms with Gasteiger partial charge in [0.15, 0.2) is 0 Å². The molecule has 0 saturated carbocycles. The minimum absolute atomic E-state index is 0.790. The van der Waals surface area contributed by atoms with E-state index >= 15 is 0 Å². The SMILES string of the molecule is Brc1cc(-c2cnsc2)ncn1. The van der Waals surface area contributed by atoms with E-state index in [1.54, 1.807) is 6.20 Å². The van der Waals surface area contributed by atoms with Crippen LogP contribution in [0.2, 0.25) is 0 Å². The Kier molecular flexibility index (Phi) is 2.14. The molecule has 60 valence electrons. The largest absolute Gasteiger partial charge is 0.236 e. The molecule has 3 nitrogen and oxygen atoms in total. The Morgan fingerprint density at radius 2 is 2.25 bits per heavy atom. The molecule has 0 aliphatic rings. The molecule has 0 amide bonds. The highest BCUT2D eigenvalue weighted by atomic mass is 79.9. The van der Waals surface area contributed by atoms with Gasteiger partial charge in [0.2, 0.25) is 0 Å². The van der Waals surface area contributed by atoms with Crippen LogP contribution in [-0.4, -0.2) is 14.3 Å². The monoisotopic (exact) mass is 241 g/mol. The molecule has 0 N–H and O–H groups in total. The van der Waals surface area contributed by atoms with Crippen LogP contribution in [0.3, 0.4) is 0 Å². The summed E-state index contributed by atoms with van der Waals surface area (Å²) in [6.45, 7) is 0. The van der Waals surface area contributed by atoms with Crippen molar-refractivity contribution in [2.75, 3.05) is 0 Å². The fourth-order valence-electron chi connectivity index (χ4n) is 0.823. The highest BCUT2D eigenvalue weighted by Crippen LogP contribution is 2.19. The van der Waals surface area contributed by atoms with Crippen molar-refractivity contribution in [3.63, 3.8) is 0 Å². The molecule has 0 unspecified atom stereocenters. The molecular formula is C7H4BrN3S. The van der Waals surface area contributed by atoms with Crippen LogP contribution >= 0.6 is 27.5 Å². The van der Waals surface area contributed by atoms with Crippen molar-refractivity contribution < 1.29 is 0 Å². The Hall–Kier alpha value is -0.810. The lowest BCUT2D eigenvalue weighted by atomic mass is 10.3. The second-order valence-electron chi connectivity index (χ2n) is 2.14. The van der Waals surface area contributed by atoms with E-state index in [0.717, 1.165) is 15.9 Å². The van der Waals surface area contributed by atoms with Gasteiger partial charge in [-0.25, -0.2) is 14.3 Å². The van der Waals surface area contributed by atoms with E-state index in [0.29, 0.717) is 0 Å². The summed E-state index contributed by atoms with van der Waals surface area (Å²) in [6.07, 6.45) is 3.32. The fourth-order valence-corrected chi connectivity index (χ4v) is 1.66. The zero-order chi connectivity index (χ0) is 8.39. The maximum Gasteiger partial charge on any atom is 0.117 e. The second kappa shape index (κ2) is 3.28. The van der Waals surface area contributed by atoms with E-state index in [1.165, 1.54) is 17.9 Å². The average Bonchev–Trinajstić information content (AvgIpc) is 2.56. The molecule has 2 aromatic rings. The molecule has 0 aromatic carbocycles. The Labute approximate surface area is 81.8 Å². The van der Waals surface area contributed by atoms with Gasteiger partial charge >= 0.3 is 0 Å². The van der Waals surface area contributed by atoms with Crippen LogP contribution in [0.5, 0.6) is 0 Å². The van der Waals surface area contributed by atoms with Crippen LogP contribution in [0.1, 0.15) is 0 Å². The molecule has 0 spiro atoms. The molecule has 5 heteroatoms. The van der Waals surface area contributed by atoms with Gasteiger partial charge < -0.3 is 0 Å². The summed E-state index contributed by atoms with van der Waals surface area (Å²) in [5.74, 6) is 0. The predicted octanol–water partition coefficient (Wildman–Crippen LogP) is 2.36. The molecule has 0 bridgehead atoms. The normalized spacial score (nSPS) is 10.1. The maximum absolute atomic E-state index is 4.11. The van der Waals surface area contributed by atoms with E-state index in [1.807, 2.05) is 11.4 Å². The summed E-state index contributed by atoms with van der Waals surface area (Å²) in [5.41, 5.74) is 1.92. The van der Waals surface area contributed by atoms with Crippen molar-refractivity contribution in [1.29, 1.82) is 0 Å². The quantitative estimate of drug-likeness (QED) is 0.720. The molecule has 0 aliphatic carbocycles. The number of hydrogen-bond donors (Lipinski definition) is 0. The van der Waals surface area contributed by atoms with Crippen LogP contribution in [0, 0.1) is 0 Å². The van der Waals surface area contributed by atoms with E-state index < -0.39 is 0 Å². The Bertz CT molecular complexity index is 374. The molecule has 12 heavy (non-hydrogen) atoms. The zero-order valence-corrected chi connectivity index (χ0v) is 8.34. The average molecular weight is 242 g/mol. The van der Waals surface area contributed by atoms with Crippen LogP contribution in [0.15, 0.2) is 28.6 Å². The van der Waals surface area contributed by atoms with Crippen molar-refractivity contribution in [2.24, 2.45) is 0 Å². The lowest BCUT2D eigenvalue weighted by molar-refractivity contribution is 1.14. The summed E-state index contributed by atoms with van der Waals surface area (Å²) in [4.78, 5) is 8.05. The van der Waals surface area contributed by atoms with Crippen LogP contribution in [-0.2, 0) is 0 Å². The van der Waals surface area contributed by atoms with Crippen molar-refractivity contribution in [1.82, 2.24) is 14.3 Å². The fraction of sp³-hybridized carbons (Fsp3) is 0. The summed E-state index contributed by atoms with van der Waals surface area (Å²) >= 11 is 4.69. The second-order valence-corrected chi connectivity index (χ2v) is 3.61. The minimum Gasteiger partial charge on any atom is -0.236 e. The smallest absolute Gasteiger partial charge is 0.117 e. The van der Waals surface area contributed by atoms with Gasteiger partial charge in [0.1, 0.15) is 10.9 Å². The highest BCUT2D eigenvalue weighted by Gasteiger charge is 2.00. The number of nitrogens with zero attached hydrogens (tertiary/aromatic N) is 3. The van der Waals surface area contributed by atoms with Gasteiger partial charge in [-0.05, 0) is 33.5 Å². The van der Waals surface area contributed by atoms with Gasteiger partial charge in [-0.1, -0.05) is 0 Å². The first-order valence-corrected chi connectivity index (χ1v) is 4.86. The molecule has 0 radical (unpaired) electrons. The number of rotatable bonds is 1. The standard InChI is InChI=1S/C7H4BrN3S/c8-7-1-6(9-4-10-7)5-2-11-12-3-5/h1-4H. The van der Waals surface area contributed by atoms with Gasteiger partial charge in [0.05, 0.1) is 11.9 Å². The maximum atomic E-state index is 4.11. The number of aromatic nitrogens is 3. The van der Waals surface area contributed by atoms with E-state index in [2.05, 4.69) is 30.3 Å². The summed E-state index contributed by atoms with van der Waals surface area (Å²) in [7, 11) is 0. The first kappa shape index (κ1) is 7.82. The highest BCUT2D eigenvalue weighted by molar-refractivity contribution is 9.10. The Morgan fingerprint density at radius 3 is 2.92 bits per heavy atom. The third-order valence-corrected chi connectivity index (χ3v) is 2.38. The van der Waals surface area contributed by atoms with Crippen LogP contribution < -0.4 is 0 Å². The Morgan fingerprint density at radius 1 is 1.33 bits per heavy atom. The number of halogens is 1. The molecule has 0 aliphatic heterocycles. The summed E-state index contributed by atoms with van der Waals surface area (Å²) in [5, 5.41) is 1.95. The third kappa shape index (κ3) is 1.51. The molecular weight excluding hydrogens is 238 g/mol. The van der Waals surface area contributed by atoms with Gasteiger partial charge in [0.25, 0.3) is 0 Å². The lowest BCUT2D eigenvalue weighted by Gasteiger charge is -1.94. The first-order chi connectivity index (χ1) is 5.86. The van der Waals surface area contributed by atoms with Crippen molar-refractivity contribution in [3.8, 4) is 11.3 Å². The van der Waals surface area contributed by atoms with Crippen molar-refractivity contribution >= 4 is 27.5 Å². The topological polar surface area (TPSA) is 38.7 Å². The third-order valence-electron chi connectivity index (χ3n) is 1.36. The van der Waals surface area contributed by atoms with Gasteiger partial charge in [-0.2, -0.15) is 0 Å². The van der Waals surface area contributed by atoms with E-state index in [4.69, 9.17) is 0 Å². The van der Waals surface area contributed by atoms with E-state index in [9.17, 15) is 0 Å². The predicted molar refractivity (Wildman–Crippen MR) is 50.8 cm³/mol. The minimum atomic E-state index is 0.790. The van der Waals surface area contributed by atoms with Gasteiger partial charge in [0, 0.05) is 10.9 Å². The van der Waals surface area contributed by atoms with Gasteiger partial charge in [-0.3, -0.25) is 0 Å². The van der Waals surface area contributed by atoms with Crippen LogP contribution in [0.25, 0.3) is 11.3 Å². The molecule has 0 atom stereocenters. The summed E-state index contributed by atoms with van der Waals surface area (Å²) in [6, 6.07) is 1.86. The van der Waals surface area contributed by atoms with Crippen molar-refractivity contribution in [2.45, 2.75) is 0 Å². The summed E-state index contributed by atoms with van der Waals surface area (Å²) < 4.78 is 4.78. The molecule has 0 saturated heterocycles. The van der Waals surface area contributed by atoms with Crippen molar-refractivity contribution in [3.05, 3.63) is 28.6 Å². The lowest BCUT2D eigenvalue weighted by Crippen LogP contribution is -1.83. The first-order valence-electron chi connectivity index (χ1n) is 3.23.